The summed E-state index contributed by atoms with van der Waals surface area (Å²) in [4.78, 5) is 0. The monoisotopic (exact) mass is 339 g/mol. The molecular weight excluding hydrogens is 323 g/mol. The Bertz CT molecular complexity index is 444. The van der Waals surface area contributed by atoms with Gasteiger partial charge in [-0.25, -0.2) is 0 Å². The summed E-state index contributed by atoms with van der Waals surface area (Å²) in [5, 5.41) is 12.9. The molecule has 2 nitrogen and oxygen atoms in total. The second-order valence-electron chi connectivity index (χ2n) is 5.09. The van der Waals surface area contributed by atoms with E-state index in [9.17, 15) is 18.3 Å². The lowest BCUT2D eigenvalue weighted by Crippen LogP contribution is -2.38. The van der Waals surface area contributed by atoms with Crippen molar-refractivity contribution in [3.63, 3.8) is 0 Å². The lowest BCUT2D eigenvalue weighted by molar-refractivity contribution is -0.137. The van der Waals surface area contributed by atoms with Crippen molar-refractivity contribution in [3.05, 3.63) is 28.2 Å². The molecule has 0 saturated heterocycles. The van der Waals surface area contributed by atoms with Gasteiger partial charge in [-0.15, -0.1) is 0 Å². The molecule has 1 unspecified atom stereocenters. The van der Waals surface area contributed by atoms with Crippen molar-refractivity contribution in [1.29, 1.82) is 0 Å². The Labute approximate surface area is 119 Å². The van der Waals surface area contributed by atoms with Crippen LogP contribution >= 0.6 is 15.9 Å². The summed E-state index contributed by atoms with van der Waals surface area (Å²) in [6.45, 7) is 5.53. The quantitative estimate of drug-likeness (QED) is 0.857. The molecule has 1 rings (SSSR count). The van der Waals surface area contributed by atoms with Crippen LogP contribution in [-0.2, 0) is 6.18 Å². The molecule has 0 aromatic heterocycles. The second-order valence-corrected chi connectivity index (χ2v) is 6.01. The molecule has 0 aliphatic heterocycles. The molecule has 1 aromatic rings. The minimum Gasteiger partial charge on any atom is -0.388 e. The summed E-state index contributed by atoms with van der Waals surface area (Å²) in [5.41, 5.74) is -1.39. The van der Waals surface area contributed by atoms with E-state index < -0.39 is 17.3 Å². The molecule has 0 aliphatic rings. The Morgan fingerprint density at radius 1 is 1.26 bits per heavy atom. The Morgan fingerprint density at radius 3 is 2.32 bits per heavy atom. The number of hydrogen-bond acceptors (Lipinski definition) is 2. The second kappa shape index (κ2) is 5.71. The highest BCUT2D eigenvalue weighted by molar-refractivity contribution is 9.10. The summed E-state index contributed by atoms with van der Waals surface area (Å²) < 4.78 is 38.3. The van der Waals surface area contributed by atoms with Gasteiger partial charge in [0.05, 0.1) is 11.2 Å². The van der Waals surface area contributed by atoms with Gasteiger partial charge in [0.25, 0.3) is 0 Å². The van der Waals surface area contributed by atoms with Gasteiger partial charge < -0.3 is 10.4 Å². The number of alkyl halides is 3. The van der Waals surface area contributed by atoms with Gasteiger partial charge >= 0.3 is 6.18 Å². The molecule has 0 bridgehead atoms. The number of aliphatic hydroxyl groups is 1. The predicted octanol–water partition coefficient (Wildman–Crippen LogP) is 4.29. The van der Waals surface area contributed by atoms with Crippen LogP contribution in [-0.4, -0.2) is 17.3 Å². The Kier molecular flexibility index (Phi) is 4.90. The van der Waals surface area contributed by atoms with E-state index in [1.165, 1.54) is 0 Å². The summed E-state index contributed by atoms with van der Waals surface area (Å²) in [7, 11) is 0. The first-order valence-electron chi connectivity index (χ1n) is 5.86. The standard InChI is InChI=1S/C13H17BrF3NO/c1-8(2)12(3,19)7-18-11-5-9(13(15,16)17)4-10(14)6-11/h4-6,8,18-19H,7H2,1-3H3. The van der Waals surface area contributed by atoms with Crippen LogP contribution in [0.3, 0.4) is 0 Å². The summed E-state index contributed by atoms with van der Waals surface area (Å²) in [5.74, 6) is -0.00533. The number of benzene rings is 1. The van der Waals surface area contributed by atoms with Gasteiger partial charge in [-0.05, 0) is 31.0 Å². The van der Waals surface area contributed by atoms with Gasteiger partial charge in [-0.1, -0.05) is 29.8 Å². The third-order valence-electron chi connectivity index (χ3n) is 3.12. The molecule has 2 N–H and O–H groups in total. The van der Waals surface area contributed by atoms with Crippen LogP contribution in [0.15, 0.2) is 22.7 Å². The van der Waals surface area contributed by atoms with Crippen molar-refractivity contribution in [3.8, 4) is 0 Å². The highest BCUT2D eigenvalue weighted by atomic mass is 79.9. The predicted molar refractivity (Wildman–Crippen MR) is 73.1 cm³/mol. The van der Waals surface area contributed by atoms with Crippen LogP contribution < -0.4 is 5.32 Å². The third kappa shape index (κ3) is 4.69. The van der Waals surface area contributed by atoms with E-state index >= 15 is 0 Å². The maximum Gasteiger partial charge on any atom is 0.416 e. The maximum atomic E-state index is 12.7. The van der Waals surface area contributed by atoms with E-state index in [4.69, 9.17) is 0 Å². The van der Waals surface area contributed by atoms with E-state index in [-0.39, 0.29) is 12.5 Å². The molecule has 6 heteroatoms. The van der Waals surface area contributed by atoms with Crippen LogP contribution in [0.2, 0.25) is 0 Å². The maximum absolute atomic E-state index is 12.7. The number of rotatable bonds is 4. The first-order valence-corrected chi connectivity index (χ1v) is 6.66. The number of hydrogen-bond donors (Lipinski definition) is 2. The zero-order chi connectivity index (χ0) is 14.8. The molecule has 0 amide bonds. The highest BCUT2D eigenvalue weighted by Gasteiger charge is 2.31. The van der Waals surface area contributed by atoms with Crippen molar-refractivity contribution in [2.24, 2.45) is 5.92 Å². The van der Waals surface area contributed by atoms with Gasteiger partial charge in [0.15, 0.2) is 0 Å². The number of anilines is 1. The van der Waals surface area contributed by atoms with Gasteiger partial charge in [0.2, 0.25) is 0 Å². The van der Waals surface area contributed by atoms with Crippen molar-refractivity contribution >= 4 is 21.6 Å². The topological polar surface area (TPSA) is 32.3 Å². The molecule has 19 heavy (non-hydrogen) atoms. The molecule has 0 heterocycles. The summed E-state index contributed by atoms with van der Waals surface area (Å²) >= 11 is 3.05. The third-order valence-corrected chi connectivity index (χ3v) is 3.58. The van der Waals surface area contributed by atoms with Crippen LogP contribution in [0, 0.1) is 5.92 Å². The molecule has 108 valence electrons. The van der Waals surface area contributed by atoms with Crippen molar-refractivity contribution in [2.45, 2.75) is 32.5 Å². The average Bonchev–Trinajstić information content (AvgIpc) is 2.24. The van der Waals surface area contributed by atoms with Gasteiger partial charge in [-0.3, -0.25) is 0 Å². The SMILES string of the molecule is CC(C)C(C)(O)CNc1cc(Br)cc(C(F)(F)F)c1. The van der Waals surface area contributed by atoms with Gasteiger partial charge in [-0.2, -0.15) is 13.2 Å². The van der Waals surface area contributed by atoms with Gasteiger partial charge in [0, 0.05) is 16.7 Å². The lowest BCUT2D eigenvalue weighted by Gasteiger charge is -2.28. The molecule has 0 spiro atoms. The largest absolute Gasteiger partial charge is 0.416 e. The van der Waals surface area contributed by atoms with Gasteiger partial charge in [0.1, 0.15) is 0 Å². The smallest absolute Gasteiger partial charge is 0.388 e. The molecule has 1 aromatic carbocycles. The lowest BCUT2D eigenvalue weighted by atomic mass is 9.92. The van der Waals surface area contributed by atoms with Crippen molar-refractivity contribution in [1.82, 2.24) is 0 Å². The van der Waals surface area contributed by atoms with E-state index in [0.29, 0.717) is 10.2 Å². The molecule has 0 aliphatic carbocycles. The number of nitrogens with one attached hydrogen (secondary N) is 1. The van der Waals surface area contributed by atoms with Crippen LogP contribution in [0.25, 0.3) is 0 Å². The summed E-state index contributed by atoms with van der Waals surface area (Å²) in [6.07, 6.45) is -4.39. The van der Waals surface area contributed by atoms with E-state index in [0.717, 1.165) is 12.1 Å². The fraction of sp³-hybridized carbons (Fsp3) is 0.538. The fourth-order valence-electron chi connectivity index (χ4n) is 1.34. The minimum atomic E-state index is -4.39. The van der Waals surface area contributed by atoms with Crippen LogP contribution in [0.5, 0.6) is 0 Å². The molecule has 0 saturated carbocycles. The minimum absolute atomic E-state index is 0.00533. The van der Waals surface area contributed by atoms with Crippen LogP contribution in [0.1, 0.15) is 26.3 Å². The zero-order valence-corrected chi connectivity index (χ0v) is 12.6. The van der Waals surface area contributed by atoms with E-state index in [1.807, 2.05) is 13.8 Å². The molecule has 0 radical (unpaired) electrons. The number of halogens is 4. The Balaban J connectivity index is 2.88. The summed E-state index contributed by atoms with van der Waals surface area (Å²) in [6, 6.07) is 3.60. The normalized spacial score (nSPS) is 15.4. The Morgan fingerprint density at radius 2 is 1.84 bits per heavy atom. The van der Waals surface area contributed by atoms with Crippen molar-refractivity contribution < 1.29 is 18.3 Å². The van der Waals surface area contributed by atoms with E-state index in [2.05, 4.69) is 21.2 Å². The molecule has 0 fully saturated rings. The van der Waals surface area contributed by atoms with Crippen LogP contribution in [0.4, 0.5) is 18.9 Å². The molecular formula is C13H17BrF3NO. The van der Waals surface area contributed by atoms with Crippen molar-refractivity contribution in [2.75, 3.05) is 11.9 Å². The first kappa shape index (κ1) is 16.3. The van der Waals surface area contributed by atoms with E-state index in [1.54, 1.807) is 13.0 Å². The zero-order valence-electron chi connectivity index (χ0n) is 11.0. The fourth-order valence-corrected chi connectivity index (χ4v) is 1.83. The Hall–Kier alpha value is -0.750. The first-order chi connectivity index (χ1) is 8.52. The highest BCUT2D eigenvalue weighted by Crippen LogP contribution is 2.33. The molecule has 1 atom stereocenters. The average molecular weight is 340 g/mol.